The maximum atomic E-state index is 10.6. The summed E-state index contributed by atoms with van der Waals surface area (Å²) < 4.78 is 6.98. The molecule has 0 amide bonds. The molecule has 1 aromatic heterocycles. The molecule has 18 heavy (non-hydrogen) atoms. The number of ether oxygens (including phenoxy) is 1. The van der Waals surface area contributed by atoms with E-state index in [1.165, 1.54) is 0 Å². The number of aliphatic carboxylic acids is 1. The Morgan fingerprint density at radius 3 is 2.72 bits per heavy atom. The highest BCUT2D eigenvalue weighted by molar-refractivity contribution is 5.67. The van der Waals surface area contributed by atoms with E-state index in [0.29, 0.717) is 12.2 Å². The van der Waals surface area contributed by atoms with E-state index >= 15 is 0 Å². The van der Waals surface area contributed by atoms with Crippen LogP contribution in [-0.4, -0.2) is 33.0 Å². The summed E-state index contributed by atoms with van der Waals surface area (Å²) in [6.07, 6.45) is 3.72. The summed E-state index contributed by atoms with van der Waals surface area (Å²) in [5.74, 6) is -0.120. The largest absolute Gasteiger partial charge is 0.495 e. The predicted octanol–water partition coefficient (Wildman–Crippen LogP) is 1.29. The van der Waals surface area contributed by atoms with Crippen molar-refractivity contribution in [1.29, 1.82) is 0 Å². The van der Waals surface area contributed by atoms with Gasteiger partial charge in [-0.1, -0.05) is 6.07 Å². The van der Waals surface area contributed by atoms with Crippen LogP contribution < -0.4 is 4.74 Å². The second-order valence-corrected chi connectivity index (χ2v) is 3.77. The SMILES string of the molecule is COc1ccc(CCC(=O)O)cc1-n1cnnc1. The van der Waals surface area contributed by atoms with E-state index in [0.717, 1.165) is 11.3 Å². The van der Waals surface area contributed by atoms with Crippen molar-refractivity contribution in [3.05, 3.63) is 36.4 Å². The third-order valence-corrected chi connectivity index (χ3v) is 2.57. The van der Waals surface area contributed by atoms with E-state index in [9.17, 15) is 4.79 Å². The van der Waals surface area contributed by atoms with Crippen molar-refractivity contribution in [2.45, 2.75) is 12.8 Å². The smallest absolute Gasteiger partial charge is 0.303 e. The van der Waals surface area contributed by atoms with E-state index in [1.807, 2.05) is 18.2 Å². The summed E-state index contributed by atoms with van der Waals surface area (Å²) in [5.41, 5.74) is 1.73. The number of benzene rings is 1. The van der Waals surface area contributed by atoms with Crippen molar-refractivity contribution < 1.29 is 14.6 Å². The Labute approximate surface area is 104 Å². The Balaban J connectivity index is 2.31. The van der Waals surface area contributed by atoms with Gasteiger partial charge < -0.3 is 9.84 Å². The lowest BCUT2D eigenvalue weighted by atomic mass is 10.1. The van der Waals surface area contributed by atoms with Crippen LogP contribution in [0, 0.1) is 0 Å². The predicted molar refractivity (Wildman–Crippen MR) is 63.9 cm³/mol. The molecule has 0 aliphatic rings. The van der Waals surface area contributed by atoms with E-state index in [2.05, 4.69) is 10.2 Å². The summed E-state index contributed by atoms with van der Waals surface area (Å²) in [6, 6.07) is 5.55. The van der Waals surface area contributed by atoms with Crippen molar-refractivity contribution in [3.63, 3.8) is 0 Å². The lowest BCUT2D eigenvalue weighted by molar-refractivity contribution is -0.136. The molecule has 0 radical (unpaired) electrons. The highest BCUT2D eigenvalue weighted by Gasteiger charge is 2.07. The quantitative estimate of drug-likeness (QED) is 0.861. The van der Waals surface area contributed by atoms with Crippen LogP contribution in [0.5, 0.6) is 5.75 Å². The minimum absolute atomic E-state index is 0.105. The maximum Gasteiger partial charge on any atom is 0.303 e. The number of hydrogen-bond acceptors (Lipinski definition) is 4. The minimum Gasteiger partial charge on any atom is -0.495 e. The summed E-state index contributed by atoms with van der Waals surface area (Å²) in [5, 5.41) is 16.2. The zero-order chi connectivity index (χ0) is 13.0. The van der Waals surface area contributed by atoms with Gasteiger partial charge in [0.15, 0.2) is 0 Å². The van der Waals surface area contributed by atoms with Gasteiger partial charge in [-0.2, -0.15) is 0 Å². The Morgan fingerprint density at radius 2 is 2.11 bits per heavy atom. The molecule has 0 saturated carbocycles. The Bertz CT molecular complexity index is 538. The first-order valence-corrected chi connectivity index (χ1v) is 5.44. The van der Waals surface area contributed by atoms with Crippen LogP contribution in [0.4, 0.5) is 0 Å². The normalized spacial score (nSPS) is 10.3. The summed E-state index contributed by atoms with van der Waals surface area (Å²) in [4.78, 5) is 10.6. The van der Waals surface area contributed by atoms with Crippen molar-refractivity contribution in [3.8, 4) is 11.4 Å². The van der Waals surface area contributed by atoms with Gasteiger partial charge in [-0.3, -0.25) is 9.36 Å². The highest BCUT2D eigenvalue weighted by Crippen LogP contribution is 2.24. The van der Waals surface area contributed by atoms with Crippen LogP contribution in [-0.2, 0) is 11.2 Å². The number of nitrogens with zero attached hydrogens (tertiary/aromatic N) is 3. The monoisotopic (exact) mass is 247 g/mol. The first kappa shape index (κ1) is 12.1. The van der Waals surface area contributed by atoms with Gasteiger partial charge in [0.25, 0.3) is 0 Å². The number of rotatable bonds is 5. The Hall–Kier alpha value is -2.37. The van der Waals surface area contributed by atoms with E-state index in [4.69, 9.17) is 9.84 Å². The number of aromatic nitrogens is 3. The summed E-state index contributed by atoms with van der Waals surface area (Å²) in [7, 11) is 1.58. The molecule has 2 aromatic rings. The first-order chi connectivity index (χ1) is 8.70. The zero-order valence-electron chi connectivity index (χ0n) is 9.91. The van der Waals surface area contributed by atoms with E-state index in [-0.39, 0.29) is 6.42 Å². The van der Waals surface area contributed by atoms with E-state index < -0.39 is 5.97 Å². The van der Waals surface area contributed by atoms with Gasteiger partial charge in [-0.25, -0.2) is 0 Å². The van der Waals surface area contributed by atoms with Gasteiger partial charge in [-0.05, 0) is 24.1 Å². The van der Waals surface area contributed by atoms with Gasteiger partial charge in [0.1, 0.15) is 18.4 Å². The van der Waals surface area contributed by atoms with Gasteiger partial charge >= 0.3 is 5.97 Å². The molecule has 0 bridgehead atoms. The number of carboxylic acid groups (broad SMARTS) is 1. The van der Waals surface area contributed by atoms with Crippen molar-refractivity contribution >= 4 is 5.97 Å². The molecular weight excluding hydrogens is 234 g/mol. The van der Waals surface area contributed by atoms with Crippen molar-refractivity contribution in [2.24, 2.45) is 0 Å². The Kier molecular flexibility index (Phi) is 3.57. The molecule has 6 nitrogen and oxygen atoms in total. The second-order valence-electron chi connectivity index (χ2n) is 3.77. The molecule has 0 atom stereocenters. The third kappa shape index (κ3) is 2.65. The lowest BCUT2D eigenvalue weighted by Gasteiger charge is -2.10. The molecule has 94 valence electrons. The van der Waals surface area contributed by atoms with Gasteiger partial charge in [0, 0.05) is 6.42 Å². The molecule has 6 heteroatoms. The number of hydrogen-bond donors (Lipinski definition) is 1. The molecule has 1 aromatic carbocycles. The van der Waals surface area contributed by atoms with Crippen LogP contribution in [0.2, 0.25) is 0 Å². The standard InChI is InChI=1S/C12H13N3O3/c1-18-11-4-2-9(3-5-12(16)17)6-10(11)15-7-13-14-8-15/h2,4,6-8H,3,5H2,1H3,(H,16,17). The molecule has 0 aliphatic carbocycles. The van der Waals surface area contributed by atoms with Gasteiger partial charge in [-0.15, -0.1) is 10.2 Å². The Morgan fingerprint density at radius 1 is 1.39 bits per heavy atom. The van der Waals surface area contributed by atoms with Crippen LogP contribution in [0.1, 0.15) is 12.0 Å². The van der Waals surface area contributed by atoms with Crippen LogP contribution in [0.15, 0.2) is 30.9 Å². The molecular formula is C12H13N3O3. The molecule has 1 N–H and O–H groups in total. The first-order valence-electron chi connectivity index (χ1n) is 5.44. The van der Waals surface area contributed by atoms with Gasteiger partial charge in [0.05, 0.1) is 12.8 Å². The van der Waals surface area contributed by atoms with Crippen LogP contribution >= 0.6 is 0 Å². The van der Waals surface area contributed by atoms with Gasteiger partial charge in [0.2, 0.25) is 0 Å². The molecule has 0 unspecified atom stereocenters. The number of aryl methyl sites for hydroxylation is 1. The average molecular weight is 247 g/mol. The molecule has 0 spiro atoms. The fourth-order valence-corrected chi connectivity index (χ4v) is 1.67. The molecule has 2 rings (SSSR count). The van der Waals surface area contributed by atoms with E-state index in [1.54, 1.807) is 24.3 Å². The molecule has 1 heterocycles. The average Bonchev–Trinajstić information content (AvgIpc) is 2.89. The molecule has 0 saturated heterocycles. The minimum atomic E-state index is -0.809. The lowest BCUT2D eigenvalue weighted by Crippen LogP contribution is -2.00. The van der Waals surface area contributed by atoms with Crippen LogP contribution in [0.3, 0.4) is 0 Å². The molecule has 0 aliphatic heterocycles. The third-order valence-electron chi connectivity index (χ3n) is 2.57. The zero-order valence-corrected chi connectivity index (χ0v) is 9.91. The van der Waals surface area contributed by atoms with Crippen LogP contribution in [0.25, 0.3) is 5.69 Å². The topological polar surface area (TPSA) is 77.2 Å². The van der Waals surface area contributed by atoms with Crippen molar-refractivity contribution in [1.82, 2.24) is 14.8 Å². The highest BCUT2D eigenvalue weighted by atomic mass is 16.5. The fraction of sp³-hybridized carbons (Fsp3) is 0.250. The summed E-state index contributed by atoms with van der Waals surface area (Å²) in [6.45, 7) is 0. The molecule has 0 fully saturated rings. The number of methoxy groups -OCH3 is 1. The fourth-order valence-electron chi connectivity index (χ4n) is 1.67. The number of carboxylic acids is 1. The second kappa shape index (κ2) is 5.31. The van der Waals surface area contributed by atoms with Crippen molar-refractivity contribution in [2.75, 3.05) is 7.11 Å². The number of carbonyl (C=O) groups is 1. The summed E-state index contributed by atoms with van der Waals surface area (Å²) >= 11 is 0. The maximum absolute atomic E-state index is 10.6.